The Labute approximate surface area is 109 Å². The Morgan fingerprint density at radius 3 is 3.17 bits per heavy atom. The second kappa shape index (κ2) is 4.31. The highest BCUT2D eigenvalue weighted by Crippen LogP contribution is 2.34. The van der Waals surface area contributed by atoms with Crippen LogP contribution in [0, 0.1) is 0 Å². The first-order valence-electron chi connectivity index (χ1n) is 6.08. The molecular weight excluding hydrogens is 251 g/mol. The topological polar surface area (TPSA) is 35.6 Å². The summed E-state index contributed by atoms with van der Waals surface area (Å²) in [5, 5.41) is 11.1. The molecule has 0 radical (unpaired) electrons. The Morgan fingerprint density at radius 2 is 2.39 bits per heavy atom. The summed E-state index contributed by atoms with van der Waals surface area (Å²) >= 11 is 1.55. The lowest BCUT2D eigenvalue weighted by molar-refractivity contribution is -0.710. The van der Waals surface area contributed by atoms with Crippen molar-refractivity contribution in [1.82, 2.24) is 0 Å². The van der Waals surface area contributed by atoms with Gasteiger partial charge in [0.1, 0.15) is 0 Å². The summed E-state index contributed by atoms with van der Waals surface area (Å²) in [6.07, 6.45) is 3.71. The Kier molecular flexibility index (Phi) is 2.78. The standard InChI is InChI=1S/C13H14FN2OS/c1-2-9-6-8-7-15-12-10(14)4-3-5-11(12)16(17)13(8)18-9/h4,6,17H,2-3,5,7H2,1H3/q+1. The van der Waals surface area contributed by atoms with Crippen LogP contribution in [0.1, 0.15) is 30.2 Å². The van der Waals surface area contributed by atoms with Crippen LogP contribution in [0.2, 0.25) is 0 Å². The second-order valence-electron chi connectivity index (χ2n) is 4.41. The van der Waals surface area contributed by atoms with E-state index in [1.807, 2.05) is 6.07 Å². The molecule has 0 bridgehead atoms. The summed E-state index contributed by atoms with van der Waals surface area (Å²) in [4.78, 5) is 5.52. The van der Waals surface area contributed by atoms with Crippen LogP contribution >= 0.6 is 11.3 Å². The molecule has 1 aliphatic carbocycles. The fourth-order valence-corrected chi connectivity index (χ4v) is 3.34. The lowest BCUT2D eigenvalue weighted by atomic mass is 10.0. The van der Waals surface area contributed by atoms with E-state index in [2.05, 4.69) is 11.9 Å². The predicted octanol–water partition coefficient (Wildman–Crippen LogP) is 3.39. The molecule has 0 amide bonds. The van der Waals surface area contributed by atoms with Crippen molar-refractivity contribution >= 4 is 27.8 Å². The summed E-state index contributed by atoms with van der Waals surface area (Å²) < 4.78 is 14.9. The molecule has 3 nitrogen and oxygen atoms in total. The summed E-state index contributed by atoms with van der Waals surface area (Å²) in [6.45, 7) is 2.51. The first-order chi connectivity index (χ1) is 8.70. The fourth-order valence-electron chi connectivity index (χ4n) is 2.29. The monoisotopic (exact) mass is 265 g/mol. The quantitative estimate of drug-likeness (QED) is 0.613. The van der Waals surface area contributed by atoms with Crippen LogP contribution in [0.25, 0.3) is 0 Å². The minimum Gasteiger partial charge on any atom is -0.283 e. The number of hydrogen-bond donors (Lipinski definition) is 1. The van der Waals surface area contributed by atoms with Crippen LogP contribution in [0.3, 0.4) is 0 Å². The van der Waals surface area contributed by atoms with E-state index >= 15 is 0 Å². The molecule has 0 unspecified atom stereocenters. The molecule has 0 aromatic carbocycles. The zero-order valence-corrected chi connectivity index (χ0v) is 10.9. The molecule has 1 aromatic heterocycles. The summed E-state index contributed by atoms with van der Waals surface area (Å²) in [6, 6.07) is 2.05. The van der Waals surface area contributed by atoms with Gasteiger partial charge in [-0.25, -0.2) is 4.39 Å². The zero-order chi connectivity index (χ0) is 12.7. The molecule has 0 atom stereocenters. The fraction of sp³-hybridized carbons (Fsp3) is 0.385. The molecule has 94 valence electrons. The Morgan fingerprint density at radius 1 is 1.56 bits per heavy atom. The summed E-state index contributed by atoms with van der Waals surface area (Å²) in [5.41, 5.74) is 1.87. The van der Waals surface area contributed by atoms with Gasteiger partial charge in [-0.2, -0.15) is 0 Å². The van der Waals surface area contributed by atoms with Crippen molar-refractivity contribution in [2.24, 2.45) is 4.99 Å². The lowest BCUT2D eigenvalue weighted by Crippen LogP contribution is -2.25. The molecule has 2 aliphatic rings. The van der Waals surface area contributed by atoms with E-state index in [9.17, 15) is 9.60 Å². The molecule has 5 heteroatoms. The van der Waals surface area contributed by atoms with Gasteiger partial charge in [0.25, 0.3) is 5.71 Å². The third-order valence-corrected chi connectivity index (χ3v) is 4.54. The molecular formula is C13H14FN2OS+. The van der Waals surface area contributed by atoms with E-state index in [1.165, 1.54) is 11.0 Å². The highest BCUT2D eigenvalue weighted by Gasteiger charge is 2.34. The maximum Gasteiger partial charge on any atom is 0.317 e. The molecule has 18 heavy (non-hydrogen) atoms. The van der Waals surface area contributed by atoms with E-state index in [0.717, 1.165) is 21.7 Å². The normalized spacial score (nSPS) is 18.8. The van der Waals surface area contributed by atoms with E-state index in [1.54, 1.807) is 11.3 Å². The summed E-state index contributed by atoms with van der Waals surface area (Å²) in [7, 11) is 0. The highest BCUT2D eigenvalue weighted by atomic mass is 32.1. The maximum atomic E-state index is 13.7. The number of aliphatic imine (C=N–C) groups is 1. The largest absolute Gasteiger partial charge is 0.317 e. The highest BCUT2D eigenvalue weighted by molar-refractivity contribution is 7.15. The van der Waals surface area contributed by atoms with Gasteiger partial charge < -0.3 is 0 Å². The minimum absolute atomic E-state index is 0.310. The number of thiophene rings is 1. The number of hydrogen-bond acceptors (Lipinski definition) is 3. The van der Waals surface area contributed by atoms with E-state index in [4.69, 9.17) is 0 Å². The Bertz CT molecular complexity index is 598. The Hall–Kier alpha value is -1.49. The molecule has 0 fully saturated rings. The van der Waals surface area contributed by atoms with Gasteiger partial charge in [-0.15, -0.1) is 0 Å². The average Bonchev–Trinajstić information content (AvgIpc) is 2.74. The van der Waals surface area contributed by atoms with Crippen molar-refractivity contribution in [3.8, 4) is 0 Å². The van der Waals surface area contributed by atoms with Crippen LogP contribution in [0.4, 0.5) is 9.39 Å². The van der Waals surface area contributed by atoms with Crippen molar-refractivity contribution in [2.45, 2.75) is 32.7 Å². The lowest BCUT2D eigenvalue weighted by Gasteiger charge is -2.07. The van der Waals surface area contributed by atoms with Crippen LogP contribution in [-0.2, 0) is 13.0 Å². The predicted molar refractivity (Wildman–Crippen MR) is 70.0 cm³/mol. The smallest absolute Gasteiger partial charge is 0.283 e. The zero-order valence-electron chi connectivity index (χ0n) is 10.1. The number of allylic oxidation sites excluding steroid dienone is 2. The second-order valence-corrected chi connectivity index (χ2v) is 5.53. The van der Waals surface area contributed by atoms with E-state index in [-0.39, 0.29) is 5.83 Å². The molecule has 2 heterocycles. The van der Waals surface area contributed by atoms with Gasteiger partial charge in [-0.1, -0.05) is 18.3 Å². The molecule has 0 spiro atoms. The van der Waals surface area contributed by atoms with Crippen molar-refractivity contribution in [1.29, 1.82) is 0 Å². The number of nitrogens with zero attached hydrogens (tertiary/aromatic N) is 2. The van der Waals surface area contributed by atoms with Gasteiger partial charge in [0.2, 0.25) is 0 Å². The summed E-state index contributed by atoms with van der Waals surface area (Å²) in [5.74, 6) is -0.318. The van der Waals surface area contributed by atoms with Crippen LogP contribution in [0.15, 0.2) is 23.0 Å². The number of halogens is 1. The maximum absolute atomic E-state index is 13.7. The molecule has 0 saturated heterocycles. The molecule has 0 saturated carbocycles. The van der Waals surface area contributed by atoms with Crippen LogP contribution in [0.5, 0.6) is 0 Å². The van der Waals surface area contributed by atoms with Gasteiger partial charge >= 0.3 is 5.00 Å². The van der Waals surface area contributed by atoms with Crippen molar-refractivity contribution in [3.05, 3.63) is 28.4 Å². The number of fused-ring (bicyclic) bond motifs is 2. The first kappa shape index (κ1) is 11.6. The minimum atomic E-state index is -0.318. The average molecular weight is 265 g/mol. The van der Waals surface area contributed by atoms with Crippen LogP contribution in [-0.4, -0.2) is 21.4 Å². The SMILES string of the molecule is CCc1cc2c(s1)[N+](O)=C1CCC=C(F)C1=NC2. The van der Waals surface area contributed by atoms with Gasteiger partial charge in [0.05, 0.1) is 12.1 Å². The number of aryl methyl sites for hydroxylation is 1. The van der Waals surface area contributed by atoms with Gasteiger partial charge in [0, 0.05) is 16.0 Å². The third-order valence-electron chi connectivity index (χ3n) is 3.25. The molecule has 3 rings (SSSR count). The molecule has 1 aromatic rings. The molecule has 1 aliphatic heterocycles. The number of rotatable bonds is 1. The van der Waals surface area contributed by atoms with Gasteiger partial charge in [-0.05, 0) is 25.0 Å². The third kappa shape index (κ3) is 1.70. The van der Waals surface area contributed by atoms with Gasteiger partial charge in [0.15, 0.2) is 11.5 Å². The van der Waals surface area contributed by atoms with E-state index in [0.29, 0.717) is 30.8 Å². The van der Waals surface area contributed by atoms with Crippen molar-refractivity contribution < 1.29 is 14.3 Å². The van der Waals surface area contributed by atoms with E-state index < -0.39 is 0 Å². The first-order valence-corrected chi connectivity index (χ1v) is 6.89. The molecule has 1 N–H and O–H groups in total. The Balaban J connectivity index is 2.16. The van der Waals surface area contributed by atoms with Crippen molar-refractivity contribution in [3.63, 3.8) is 0 Å². The van der Waals surface area contributed by atoms with Gasteiger partial charge in [-0.3, -0.25) is 10.2 Å². The van der Waals surface area contributed by atoms with Crippen molar-refractivity contribution in [2.75, 3.05) is 0 Å². The van der Waals surface area contributed by atoms with Crippen LogP contribution < -0.4 is 0 Å².